The summed E-state index contributed by atoms with van der Waals surface area (Å²) >= 11 is 9.29. The molecule has 0 spiro atoms. The lowest BCUT2D eigenvalue weighted by atomic mass is 9.99. The Bertz CT molecular complexity index is 559. The lowest BCUT2D eigenvalue weighted by molar-refractivity contribution is 0.579. The van der Waals surface area contributed by atoms with E-state index in [9.17, 15) is 4.39 Å². The van der Waals surface area contributed by atoms with Gasteiger partial charge in [-0.25, -0.2) is 4.39 Å². The van der Waals surface area contributed by atoms with E-state index in [1.165, 1.54) is 6.07 Å². The van der Waals surface area contributed by atoms with Gasteiger partial charge in [0, 0.05) is 21.1 Å². The Morgan fingerprint density at radius 3 is 2.61 bits per heavy atom. The molecule has 0 aromatic heterocycles. The Morgan fingerprint density at radius 2 is 1.94 bits per heavy atom. The van der Waals surface area contributed by atoms with Crippen LogP contribution in [0.1, 0.15) is 17.2 Å². The molecule has 0 aliphatic carbocycles. The number of rotatable bonds is 3. The van der Waals surface area contributed by atoms with Gasteiger partial charge >= 0.3 is 0 Å². The topological polar surface area (TPSA) is 26.0 Å². The van der Waals surface area contributed by atoms with E-state index in [2.05, 4.69) is 15.9 Å². The third-order valence-electron chi connectivity index (χ3n) is 2.76. The lowest BCUT2D eigenvalue weighted by Gasteiger charge is -2.14. The second-order valence-electron chi connectivity index (χ2n) is 4.07. The van der Waals surface area contributed by atoms with Gasteiger partial charge in [0.2, 0.25) is 0 Å². The van der Waals surface area contributed by atoms with Crippen LogP contribution in [-0.2, 0) is 6.42 Å². The van der Waals surface area contributed by atoms with Crippen LogP contribution in [0.3, 0.4) is 0 Å². The molecule has 0 saturated heterocycles. The van der Waals surface area contributed by atoms with Crippen molar-refractivity contribution in [1.29, 1.82) is 0 Å². The Hall–Kier alpha value is -0.900. The van der Waals surface area contributed by atoms with E-state index >= 15 is 0 Å². The van der Waals surface area contributed by atoms with Gasteiger partial charge in [0.05, 0.1) is 0 Å². The minimum atomic E-state index is -0.405. The van der Waals surface area contributed by atoms with Crippen LogP contribution in [0.2, 0.25) is 5.02 Å². The SMILES string of the molecule is NC(Cc1ccccc1Cl)c1ccc(Br)cc1F. The molecule has 18 heavy (non-hydrogen) atoms. The van der Waals surface area contributed by atoms with Crippen LogP contribution >= 0.6 is 27.5 Å². The number of hydrogen-bond acceptors (Lipinski definition) is 1. The van der Waals surface area contributed by atoms with Crippen LogP contribution in [0, 0.1) is 5.82 Å². The van der Waals surface area contributed by atoms with E-state index in [0.717, 1.165) is 5.56 Å². The molecular formula is C14H12BrClFN. The van der Waals surface area contributed by atoms with Gasteiger partial charge in [-0.05, 0) is 30.2 Å². The largest absolute Gasteiger partial charge is 0.324 e. The molecule has 1 atom stereocenters. The molecule has 1 nitrogen and oxygen atoms in total. The van der Waals surface area contributed by atoms with Gasteiger partial charge in [0.1, 0.15) is 5.82 Å². The standard InChI is InChI=1S/C14H12BrClFN/c15-10-5-6-11(13(17)8-10)14(18)7-9-3-1-2-4-12(9)16/h1-6,8,14H,7,18H2. The second kappa shape index (κ2) is 5.83. The molecule has 0 fully saturated rings. The molecule has 0 amide bonds. The van der Waals surface area contributed by atoms with Crippen molar-refractivity contribution in [2.75, 3.05) is 0 Å². The Labute approximate surface area is 119 Å². The van der Waals surface area contributed by atoms with Gasteiger partial charge in [-0.1, -0.05) is 51.8 Å². The highest BCUT2D eigenvalue weighted by Gasteiger charge is 2.13. The van der Waals surface area contributed by atoms with Crippen molar-refractivity contribution < 1.29 is 4.39 Å². The van der Waals surface area contributed by atoms with E-state index in [1.807, 2.05) is 24.3 Å². The van der Waals surface area contributed by atoms with Crippen molar-refractivity contribution in [2.45, 2.75) is 12.5 Å². The van der Waals surface area contributed by atoms with Gasteiger partial charge in [-0.3, -0.25) is 0 Å². The summed E-state index contributed by atoms with van der Waals surface area (Å²) in [6.45, 7) is 0. The summed E-state index contributed by atoms with van der Waals surface area (Å²) in [5, 5.41) is 0.658. The van der Waals surface area contributed by atoms with Crippen LogP contribution in [0.4, 0.5) is 4.39 Å². The highest BCUT2D eigenvalue weighted by molar-refractivity contribution is 9.10. The minimum Gasteiger partial charge on any atom is -0.324 e. The fourth-order valence-electron chi connectivity index (χ4n) is 1.81. The van der Waals surface area contributed by atoms with Gasteiger partial charge < -0.3 is 5.73 Å². The van der Waals surface area contributed by atoms with Crippen molar-refractivity contribution in [1.82, 2.24) is 0 Å². The molecule has 2 N–H and O–H groups in total. The number of halogens is 3. The normalized spacial score (nSPS) is 12.4. The highest BCUT2D eigenvalue weighted by Crippen LogP contribution is 2.25. The molecule has 2 rings (SSSR count). The quantitative estimate of drug-likeness (QED) is 0.883. The summed E-state index contributed by atoms with van der Waals surface area (Å²) in [6, 6.07) is 12.0. The van der Waals surface area contributed by atoms with Crippen molar-refractivity contribution >= 4 is 27.5 Å². The number of nitrogens with two attached hydrogens (primary N) is 1. The monoisotopic (exact) mass is 327 g/mol. The first-order chi connectivity index (χ1) is 8.58. The highest BCUT2D eigenvalue weighted by atomic mass is 79.9. The molecule has 94 valence electrons. The smallest absolute Gasteiger partial charge is 0.129 e. The molecule has 0 saturated carbocycles. The third-order valence-corrected chi connectivity index (χ3v) is 3.62. The zero-order valence-corrected chi connectivity index (χ0v) is 11.9. The number of hydrogen-bond donors (Lipinski definition) is 1. The van der Waals surface area contributed by atoms with Crippen molar-refractivity contribution in [3.8, 4) is 0 Å². The molecule has 0 heterocycles. The van der Waals surface area contributed by atoms with E-state index < -0.39 is 6.04 Å². The first-order valence-corrected chi connectivity index (χ1v) is 6.69. The molecule has 0 bridgehead atoms. The van der Waals surface area contributed by atoms with Crippen LogP contribution in [0.15, 0.2) is 46.9 Å². The molecule has 2 aromatic rings. The van der Waals surface area contributed by atoms with Crippen LogP contribution in [0.5, 0.6) is 0 Å². The van der Waals surface area contributed by atoms with Gasteiger partial charge in [-0.2, -0.15) is 0 Å². The molecule has 0 aliphatic rings. The van der Waals surface area contributed by atoms with Crippen LogP contribution < -0.4 is 5.73 Å². The third kappa shape index (κ3) is 3.10. The summed E-state index contributed by atoms with van der Waals surface area (Å²) in [6.07, 6.45) is 0.512. The van der Waals surface area contributed by atoms with Crippen molar-refractivity contribution in [2.24, 2.45) is 5.73 Å². The number of benzene rings is 2. The first kappa shape index (κ1) is 13.5. The Morgan fingerprint density at radius 1 is 1.22 bits per heavy atom. The van der Waals surface area contributed by atoms with E-state index in [-0.39, 0.29) is 5.82 Å². The molecular weight excluding hydrogens is 317 g/mol. The maximum atomic E-state index is 13.8. The zero-order valence-electron chi connectivity index (χ0n) is 9.54. The van der Waals surface area contributed by atoms with Gasteiger partial charge in [0.25, 0.3) is 0 Å². The zero-order chi connectivity index (χ0) is 13.1. The summed E-state index contributed by atoms with van der Waals surface area (Å²) < 4.78 is 14.5. The van der Waals surface area contributed by atoms with Gasteiger partial charge in [-0.15, -0.1) is 0 Å². The fraction of sp³-hybridized carbons (Fsp3) is 0.143. The average Bonchev–Trinajstić information content (AvgIpc) is 2.32. The van der Waals surface area contributed by atoms with Crippen molar-refractivity contribution in [3.05, 3.63) is 68.9 Å². The fourth-order valence-corrected chi connectivity index (χ4v) is 2.36. The predicted octanol–water partition coefficient (Wildman–Crippen LogP) is 4.48. The molecule has 2 aromatic carbocycles. The Balaban J connectivity index is 2.22. The Kier molecular flexibility index (Phi) is 4.38. The van der Waals surface area contributed by atoms with E-state index in [1.54, 1.807) is 12.1 Å². The molecule has 1 unspecified atom stereocenters. The average molecular weight is 329 g/mol. The lowest BCUT2D eigenvalue weighted by Crippen LogP contribution is -2.15. The second-order valence-corrected chi connectivity index (χ2v) is 5.39. The predicted molar refractivity (Wildman–Crippen MR) is 76.2 cm³/mol. The molecule has 0 aliphatic heterocycles. The summed E-state index contributed by atoms with van der Waals surface area (Å²) in [4.78, 5) is 0. The van der Waals surface area contributed by atoms with E-state index in [4.69, 9.17) is 17.3 Å². The summed E-state index contributed by atoms with van der Waals surface area (Å²) in [5.74, 6) is -0.302. The molecule has 0 radical (unpaired) electrons. The van der Waals surface area contributed by atoms with Crippen LogP contribution in [0.25, 0.3) is 0 Å². The van der Waals surface area contributed by atoms with Crippen LogP contribution in [-0.4, -0.2) is 0 Å². The first-order valence-electron chi connectivity index (χ1n) is 5.52. The van der Waals surface area contributed by atoms with Crippen molar-refractivity contribution in [3.63, 3.8) is 0 Å². The maximum Gasteiger partial charge on any atom is 0.129 e. The minimum absolute atomic E-state index is 0.302. The van der Waals surface area contributed by atoms with E-state index in [0.29, 0.717) is 21.5 Å². The summed E-state index contributed by atoms with van der Waals surface area (Å²) in [7, 11) is 0. The summed E-state index contributed by atoms with van der Waals surface area (Å²) in [5.41, 5.74) is 7.46. The molecule has 4 heteroatoms. The maximum absolute atomic E-state index is 13.8. The van der Waals surface area contributed by atoms with Gasteiger partial charge in [0.15, 0.2) is 0 Å².